The summed E-state index contributed by atoms with van der Waals surface area (Å²) in [4.78, 5) is 0. The minimum Gasteiger partial charge on any atom is -0.486 e. The molecule has 0 spiro atoms. The van der Waals surface area contributed by atoms with E-state index in [1.54, 1.807) is 0 Å². The predicted molar refractivity (Wildman–Crippen MR) is 78.2 cm³/mol. The molecule has 1 aromatic carbocycles. The first-order valence-electron chi connectivity index (χ1n) is 6.80. The first-order valence-corrected chi connectivity index (χ1v) is 8.86. The molecule has 0 amide bonds. The molecule has 1 N–H and O–H groups in total. The Bertz CT molecular complexity index is 556. The van der Waals surface area contributed by atoms with Crippen molar-refractivity contribution in [2.75, 3.05) is 31.8 Å². The van der Waals surface area contributed by atoms with Crippen molar-refractivity contribution in [3.05, 3.63) is 23.8 Å². The van der Waals surface area contributed by atoms with Gasteiger partial charge in [-0.2, -0.15) is 0 Å². The molecule has 1 aliphatic heterocycles. The Kier molecular flexibility index (Phi) is 4.88. The van der Waals surface area contributed by atoms with Gasteiger partial charge in [-0.05, 0) is 30.7 Å². The van der Waals surface area contributed by atoms with Crippen LogP contribution in [-0.4, -0.2) is 40.2 Å². The van der Waals surface area contributed by atoms with Crippen LogP contribution in [0.1, 0.15) is 24.9 Å². The molecule has 0 saturated heterocycles. The van der Waals surface area contributed by atoms with E-state index in [0.717, 1.165) is 23.6 Å². The second kappa shape index (κ2) is 6.45. The highest BCUT2D eigenvalue weighted by molar-refractivity contribution is 7.90. The highest BCUT2D eigenvalue weighted by Crippen LogP contribution is 2.33. The van der Waals surface area contributed by atoms with Gasteiger partial charge in [-0.1, -0.05) is 13.0 Å². The van der Waals surface area contributed by atoms with Crippen LogP contribution >= 0.6 is 0 Å². The van der Waals surface area contributed by atoms with E-state index in [4.69, 9.17) is 9.47 Å². The van der Waals surface area contributed by atoms with Gasteiger partial charge in [0, 0.05) is 12.3 Å². The summed E-state index contributed by atoms with van der Waals surface area (Å²) in [5, 5.41) is 3.32. The monoisotopic (exact) mass is 299 g/mol. The van der Waals surface area contributed by atoms with Gasteiger partial charge in [0.05, 0.1) is 5.75 Å². The molecule has 0 bridgehead atoms. The number of rotatable bonds is 6. The van der Waals surface area contributed by atoms with Crippen LogP contribution in [0.25, 0.3) is 0 Å². The van der Waals surface area contributed by atoms with Gasteiger partial charge in [0.1, 0.15) is 23.1 Å². The Morgan fingerprint density at radius 3 is 2.60 bits per heavy atom. The Hall–Kier alpha value is -1.27. The van der Waals surface area contributed by atoms with Gasteiger partial charge in [-0.25, -0.2) is 8.42 Å². The van der Waals surface area contributed by atoms with Crippen molar-refractivity contribution in [3.63, 3.8) is 0 Å². The molecule has 0 saturated carbocycles. The molecule has 2 rings (SSSR count). The van der Waals surface area contributed by atoms with E-state index in [9.17, 15) is 8.42 Å². The van der Waals surface area contributed by atoms with Crippen molar-refractivity contribution in [1.82, 2.24) is 5.32 Å². The van der Waals surface area contributed by atoms with Crippen LogP contribution in [0.4, 0.5) is 0 Å². The molecule has 112 valence electrons. The fourth-order valence-corrected chi connectivity index (χ4v) is 2.91. The van der Waals surface area contributed by atoms with Crippen molar-refractivity contribution in [1.29, 1.82) is 0 Å². The summed E-state index contributed by atoms with van der Waals surface area (Å²) < 4.78 is 33.7. The van der Waals surface area contributed by atoms with E-state index < -0.39 is 9.84 Å². The smallest absolute Gasteiger partial charge is 0.161 e. The molecule has 6 heteroatoms. The first-order chi connectivity index (χ1) is 9.49. The highest BCUT2D eigenvalue weighted by Gasteiger charge is 2.17. The summed E-state index contributed by atoms with van der Waals surface area (Å²) in [7, 11) is -2.96. The molecule has 0 radical (unpaired) electrons. The van der Waals surface area contributed by atoms with Gasteiger partial charge in [-0.3, -0.25) is 0 Å². The lowest BCUT2D eigenvalue weighted by molar-refractivity contribution is 0.171. The number of ether oxygens (including phenoxy) is 2. The van der Waals surface area contributed by atoms with Gasteiger partial charge < -0.3 is 14.8 Å². The SMILES string of the molecule is CCNC(CCS(C)(=O)=O)c1ccc2c(c1)OCCO2. The zero-order valence-corrected chi connectivity index (χ0v) is 12.7. The molecule has 1 aromatic rings. The average Bonchev–Trinajstić information content (AvgIpc) is 2.42. The van der Waals surface area contributed by atoms with Crippen LogP contribution in [0.3, 0.4) is 0 Å². The Balaban J connectivity index is 2.16. The standard InChI is InChI=1S/C14H21NO4S/c1-3-15-12(6-9-20(2,16)17)11-4-5-13-14(10-11)19-8-7-18-13/h4-5,10,12,15H,3,6-9H2,1-2H3. The first kappa shape index (κ1) is 15.1. The van der Waals surface area contributed by atoms with E-state index in [1.807, 2.05) is 25.1 Å². The Morgan fingerprint density at radius 1 is 1.25 bits per heavy atom. The molecule has 5 nitrogen and oxygen atoms in total. The highest BCUT2D eigenvalue weighted by atomic mass is 32.2. The summed E-state index contributed by atoms with van der Waals surface area (Å²) in [6.45, 7) is 3.90. The molecule has 1 atom stereocenters. The largest absolute Gasteiger partial charge is 0.486 e. The zero-order chi connectivity index (χ0) is 14.6. The van der Waals surface area contributed by atoms with Crippen molar-refractivity contribution in [2.45, 2.75) is 19.4 Å². The lowest BCUT2D eigenvalue weighted by atomic mass is 10.0. The lowest BCUT2D eigenvalue weighted by Crippen LogP contribution is -2.24. The molecule has 0 fully saturated rings. The second-order valence-electron chi connectivity index (χ2n) is 4.93. The predicted octanol–water partition coefficient (Wildman–Crippen LogP) is 1.54. The minimum atomic E-state index is -2.96. The lowest BCUT2D eigenvalue weighted by Gasteiger charge is -2.22. The molecule has 20 heavy (non-hydrogen) atoms. The number of sulfone groups is 1. The normalized spacial score (nSPS) is 15.9. The second-order valence-corrected chi connectivity index (χ2v) is 7.19. The summed E-state index contributed by atoms with van der Waals surface area (Å²) in [5.74, 6) is 1.65. The summed E-state index contributed by atoms with van der Waals surface area (Å²) in [5.41, 5.74) is 1.03. The maximum Gasteiger partial charge on any atom is 0.161 e. The fraction of sp³-hybridized carbons (Fsp3) is 0.571. The molecule has 0 aliphatic carbocycles. The van der Waals surface area contributed by atoms with Gasteiger partial charge in [0.15, 0.2) is 11.5 Å². The molecule has 1 heterocycles. The maximum absolute atomic E-state index is 11.3. The van der Waals surface area contributed by atoms with Crippen LogP contribution < -0.4 is 14.8 Å². The van der Waals surface area contributed by atoms with Crippen LogP contribution in [0, 0.1) is 0 Å². The number of hydrogen-bond donors (Lipinski definition) is 1. The average molecular weight is 299 g/mol. The van der Waals surface area contributed by atoms with E-state index in [0.29, 0.717) is 19.6 Å². The molecule has 1 aliphatic rings. The minimum absolute atomic E-state index is 0.00514. The van der Waals surface area contributed by atoms with Crippen LogP contribution in [0.5, 0.6) is 11.5 Å². The third-order valence-corrected chi connectivity index (χ3v) is 4.17. The number of fused-ring (bicyclic) bond motifs is 1. The molecule has 1 unspecified atom stereocenters. The van der Waals surface area contributed by atoms with Crippen LogP contribution in [0.15, 0.2) is 18.2 Å². The molecule has 0 aromatic heterocycles. The third-order valence-electron chi connectivity index (χ3n) is 3.20. The Morgan fingerprint density at radius 2 is 1.95 bits per heavy atom. The Labute approximate surface area is 120 Å². The maximum atomic E-state index is 11.3. The van der Waals surface area contributed by atoms with E-state index in [-0.39, 0.29) is 11.8 Å². The number of hydrogen-bond acceptors (Lipinski definition) is 5. The van der Waals surface area contributed by atoms with Gasteiger partial charge in [0.25, 0.3) is 0 Å². The number of nitrogens with one attached hydrogen (secondary N) is 1. The van der Waals surface area contributed by atoms with Gasteiger partial charge in [0.2, 0.25) is 0 Å². The topological polar surface area (TPSA) is 64.6 Å². The van der Waals surface area contributed by atoms with Crippen molar-refractivity contribution in [3.8, 4) is 11.5 Å². The number of benzene rings is 1. The van der Waals surface area contributed by atoms with E-state index >= 15 is 0 Å². The molecular weight excluding hydrogens is 278 g/mol. The van der Waals surface area contributed by atoms with Gasteiger partial charge >= 0.3 is 0 Å². The van der Waals surface area contributed by atoms with Crippen molar-refractivity contribution < 1.29 is 17.9 Å². The zero-order valence-electron chi connectivity index (χ0n) is 11.9. The van der Waals surface area contributed by atoms with Crippen molar-refractivity contribution >= 4 is 9.84 Å². The van der Waals surface area contributed by atoms with E-state index in [2.05, 4.69) is 5.32 Å². The van der Waals surface area contributed by atoms with Gasteiger partial charge in [-0.15, -0.1) is 0 Å². The van der Waals surface area contributed by atoms with Crippen LogP contribution in [0.2, 0.25) is 0 Å². The fourth-order valence-electron chi connectivity index (χ4n) is 2.24. The van der Waals surface area contributed by atoms with Crippen molar-refractivity contribution in [2.24, 2.45) is 0 Å². The summed E-state index contributed by atoms with van der Waals surface area (Å²) in [6, 6.07) is 5.78. The third kappa shape index (κ3) is 4.11. The quantitative estimate of drug-likeness (QED) is 0.863. The van der Waals surface area contributed by atoms with E-state index in [1.165, 1.54) is 6.26 Å². The molecular formula is C14H21NO4S. The summed E-state index contributed by atoms with van der Waals surface area (Å²) in [6.07, 6.45) is 1.81. The summed E-state index contributed by atoms with van der Waals surface area (Å²) >= 11 is 0. The van der Waals surface area contributed by atoms with Crippen LogP contribution in [-0.2, 0) is 9.84 Å².